The van der Waals surface area contributed by atoms with Crippen LogP contribution >= 0.6 is 0 Å². The van der Waals surface area contributed by atoms with Gasteiger partial charge in [-0.3, -0.25) is 34.0 Å². The minimum Gasteiger partial charge on any atom is -0.480 e. The molecule has 0 saturated carbocycles. The molecule has 0 aromatic carbocycles. The van der Waals surface area contributed by atoms with E-state index in [-0.39, 0.29) is 52.4 Å². The van der Waals surface area contributed by atoms with Crippen LogP contribution in [0.2, 0.25) is 0 Å². The van der Waals surface area contributed by atoms with Crippen molar-refractivity contribution in [3.05, 3.63) is 0 Å². The average molecular weight is 867 g/mol. The molecular weight excluding hydrogens is 831 g/mol. The van der Waals surface area contributed by atoms with E-state index in [9.17, 15) is 109 Å². The second-order valence-corrected chi connectivity index (χ2v) is 12.4. The van der Waals surface area contributed by atoms with Crippen LogP contribution in [0.5, 0.6) is 0 Å². The fraction of sp³-hybridized carbons (Fsp3) is 0.889. The molecule has 0 radical (unpaired) electrons. The summed E-state index contributed by atoms with van der Waals surface area (Å²) in [5.41, 5.74) is 0. The van der Waals surface area contributed by atoms with Gasteiger partial charge in [0.05, 0.1) is 39.0 Å². The summed E-state index contributed by atoms with van der Waals surface area (Å²) in [6, 6.07) is 0. The molecule has 1 saturated heterocycles. The Kier molecular flexibility index (Phi) is 17.0. The first-order chi connectivity index (χ1) is 25.1. The molecule has 29 heteroatoms. The van der Waals surface area contributed by atoms with E-state index in [0.29, 0.717) is 0 Å². The summed E-state index contributed by atoms with van der Waals surface area (Å²) in [6.45, 7) is -5.90. The highest BCUT2D eigenvalue weighted by Gasteiger charge is 2.95. The number of aliphatic carboxylic acids is 3. The van der Waals surface area contributed by atoms with Crippen molar-refractivity contribution < 1.29 is 114 Å². The maximum atomic E-state index is 14.2. The topological polar surface area (TPSA) is 154 Å². The van der Waals surface area contributed by atoms with Crippen LogP contribution in [0, 0.1) is 0 Å². The quantitative estimate of drug-likeness (QED) is 0.111. The number of hydrogen-bond donors (Lipinski definition) is 4. The molecule has 1 heterocycles. The van der Waals surface area contributed by atoms with Crippen LogP contribution in [0.4, 0.5) is 74.6 Å². The van der Waals surface area contributed by atoms with Crippen molar-refractivity contribution in [2.24, 2.45) is 0 Å². The van der Waals surface area contributed by atoms with E-state index < -0.39 is 117 Å². The van der Waals surface area contributed by atoms with Crippen LogP contribution in [0.15, 0.2) is 0 Å². The summed E-state index contributed by atoms with van der Waals surface area (Å²) in [4.78, 5) is 39.4. The molecule has 1 unspecified atom stereocenters. The van der Waals surface area contributed by atoms with Gasteiger partial charge >= 0.3 is 65.5 Å². The number of nitrogens with zero attached hydrogens (tertiary/aromatic N) is 4. The highest BCUT2D eigenvalue weighted by molar-refractivity contribution is 5.69. The fourth-order valence-electron chi connectivity index (χ4n) is 4.93. The zero-order chi connectivity index (χ0) is 43.9. The normalized spacial score (nSPS) is 19.0. The van der Waals surface area contributed by atoms with E-state index in [1.165, 1.54) is 19.6 Å². The lowest BCUT2D eigenvalue weighted by molar-refractivity contribution is -0.462. The summed E-state index contributed by atoms with van der Waals surface area (Å²) in [5.74, 6) is -61.2. The maximum Gasteiger partial charge on any atom is 0.460 e. The summed E-state index contributed by atoms with van der Waals surface area (Å²) < 4.78 is 234. The molecule has 1 atom stereocenters. The molecule has 0 bridgehead atoms. The van der Waals surface area contributed by atoms with Crippen LogP contribution in [0.3, 0.4) is 0 Å². The molecule has 0 aromatic heterocycles. The van der Waals surface area contributed by atoms with Crippen molar-refractivity contribution in [1.29, 1.82) is 0 Å². The van der Waals surface area contributed by atoms with Crippen molar-refractivity contribution >= 4 is 17.9 Å². The van der Waals surface area contributed by atoms with Gasteiger partial charge in [-0.1, -0.05) is 0 Å². The van der Waals surface area contributed by atoms with Crippen molar-refractivity contribution in [1.82, 2.24) is 19.6 Å². The van der Waals surface area contributed by atoms with E-state index in [1.807, 2.05) is 0 Å². The maximum absolute atomic E-state index is 14.2. The monoisotopic (exact) mass is 866 g/mol. The number of β-amino-alcohol motifs (C(OH)–C–C–N with tert-alkyl or cyclic N) is 1. The summed E-state index contributed by atoms with van der Waals surface area (Å²) in [7, 11) is 0. The van der Waals surface area contributed by atoms with Gasteiger partial charge in [-0.15, -0.1) is 0 Å². The van der Waals surface area contributed by atoms with Gasteiger partial charge in [-0.05, 0) is 0 Å². The molecule has 56 heavy (non-hydrogen) atoms. The third-order valence-corrected chi connectivity index (χ3v) is 8.13. The van der Waals surface area contributed by atoms with Gasteiger partial charge in [0.15, 0.2) is 0 Å². The number of carboxylic acids is 3. The van der Waals surface area contributed by atoms with Crippen LogP contribution in [-0.4, -0.2) is 203 Å². The molecule has 1 aliphatic heterocycles. The van der Waals surface area contributed by atoms with Crippen molar-refractivity contribution in [3.63, 3.8) is 0 Å². The third kappa shape index (κ3) is 11.8. The van der Waals surface area contributed by atoms with E-state index >= 15 is 0 Å². The Bertz CT molecular complexity index is 1290. The molecular formula is C27H35F17N4O8. The molecule has 0 amide bonds. The third-order valence-electron chi connectivity index (χ3n) is 8.13. The Hall–Kier alpha value is -3.02. The Morgan fingerprint density at radius 2 is 0.768 bits per heavy atom. The molecule has 0 aromatic rings. The van der Waals surface area contributed by atoms with Crippen molar-refractivity contribution in [2.45, 2.75) is 60.2 Å². The number of aliphatic hydroxyl groups excluding tert-OH is 1. The zero-order valence-electron chi connectivity index (χ0n) is 28.3. The number of carboxylic acid groups (broad SMARTS) is 3. The number of ether oxygens (including phenoxy) is 1. The average Bonchev–Trinajstić information content (AvgIpc) is 3.02. The first-order valence-electron chi connectivity index (χ1n) is 15.6. The number of hydrogen-bond acceptors (Lipinski definition) is 9. The Morgan fingerprint density at radius 1 is 0.482 bits per heavy atom. The molecule has 330 valence electrons. The van der Waals surface area contributed by atoms with Gasteiger partial charge < -0.3 is 25.2 Å². The lowest BCUT2D eigenvalue weighted by atomic mass is 9.88. The second kappa shape index (κ2) is 18.7. The molecule has 4 N–H and O–H groups in total. The molecule has 0 aliphatic carbocycles. The minimum atomic E-state index is -8.75. The predicted octanol–water partition coefficient (Wildman–Crippen LogP) is 3.24. The van der Waals surface area contributed by atoms with Crippen LogP contribution in [0.1, 0.15) is 6.42 Å². The molecule has 1 fully saturated rings. The molecule has 0 spiro atoms. The summed E-state index contributed by atoms with van der Waals surface area (Å²) in [5, 5.41) is 38.0. The smallest absolute Gasteiger partial charge is 0.460 e. The first kappa shape index (κ1) is 51.0. The highest BCUT2D eigenvalue weighted by atomic mass is 19.4. The standard InChI is InChI=1S/C27H35F17N4O8/c28-20(29,21(30,31)22(32,33)23(34,35)24(36,37)25(38,39)26(40,41)27(42,43)44)1-10-56-15-16(49)11-45-2-4-46(12-17(50)51)6-8-48(14-19(54)55)9-7-47(5-3-45)13-18(52)53/h16,49H,1-15H2,(H,50,51)(H,52,53)(H,54,55). The van der Waals surface area contributed by atoms with E-state index in [2.05, 4.69) is 4.74 Å². The second-order valence-electron chi connectivity index (χ2n) is 12.4. The van der Waals surface area contributed by atoms with Crippen molar-refractivity contribution in [2.75, 3.05) is 91.8 Å². The summed E-state index contributed by atoms with van der Waals surface area (Å²) >= 11 is 0. The van der Waals surface area contributed by atoms with Crippen LogP contribution < -0.4 is 0 Å². The van der Waals surface area contributed by atoms with E-state index in [1.54, 1.807) is 0 Å². The largest absolute Gasteiger partial charge is 0.480 e. The van der Waals surface area contributed by atoms with Crippen molar-refractivity contribution in [3.8, 4) is 0 Å². The lowest BCUT2D eigenvalue weighted by Crippen LogP contribution is -2.74. The molecule has 1 rings (SSSR count). The number of aliphatic hydroxyl groups is 1. The Balaban J connectivity index is 3.10. The van der Waals surface area contributed by atoms with Crippen LogP contribution in [-0.2, 0) is 19.1 Å². The Morgan fingerprint density at radius 3 is 1.07 bits per heavy atom. The zero-order valence-corrected chi connectivity index (χ0v) is 28.3. The van der Waals surface area contributed by atoms with Gasteiger partial charge in [0.25, 0.3) is 0 Å². The van der Waals surface area contributed by atoms with Gasteiger partial charge in [0.1, 0.15) is 0 Å². The Labute approximate surface area is 304 Å². The molecule has 1 aliphatic rings. The number of halogens is 17. The lowest BCUT2D eigenvalue weighted by Gasteiger charge is -2.42. The van der Waals surface area contributed by atoms with E-state index in [4.69, 9.17) is 0 Å². The molecule has 12 nitrogen and oxygen atoms in total. The van der Waals surface area contributed by atoms with Gasteiger partial charge in [-0.25, -0.2) is 0 Å². The summed E-state index contributed by atoms with van der Waals surface area (Å²) in [6.07, 6.45) is -12.6. The predicted molar refractivity (Wildman–Crippen MR) is 151 cm³/mol. The van der Waals surface area contributed by atoms with E-state index in [0.717, 1.165) is 0 Å². The van der Waals surface area contributed by atoms with Gasteiger partial charge in [-0.2, -0.15) is 74.6 Å². The first-order valence-corrected chi connectivity index (χ1v) is 15.6. The highest BCUT2D eigenvalue weighted by Crippen LogP contribution is 2.64. The minimum absolute atomic E-state index is 0.00683. The number of alkyl halides is 17. The number of rotatable bonds is 19. The van der Waals surface area contributed by atoms with Crippen LogP contribution in [0.25, 0.3) is 0 Å². The fourth-order valence-corrected chi connectivity index (χ4v) is 4.93. The van der Waals surface area contributed by atoms with Gasteiger partial charge in [0.2, 0.25) is 0 Å². The number of carbonyl (C=O) groups is 3. The SMILES string of the molecule is O=C(O)CN1CCN(CC(=O)O)CCN(CC(O)COCCC(F)(F)C(F)(F)C(F)(F)C(F)(F)C(F)(F)C(F)(F)C(F)(F)C(F)(F)F)CCN(CC(=O)O)CC1. The van der Waals surface area contributed by atoms with Gasteiger partial charge in [0, 0.05) is 65.3 Å².